The molecule has 0 amide bonds. The first-order chi connectivity index (χ1) is 9.66. The molecule has 1 aliphatic heterocycles. The van der Waals surface area contributed by atoms with Gasteiger partial charge in [-0.15, -0.1) is 0 Å². The fourth-order valence-electron chi connectivity index (χ4n) is 2.70. The lowest BCUT2D eigenvalue weighted by atomic mass is 10.1. The third-order valence-electron chi connectivity index (χ3n) is 3.86. The standard InChI is InChI=1S/C17H28N2O/c1-14(2)18-12-15-8-4-5-10-17(15)19(3)13-16-9-6-7-11-20-16/h4-5,8,10,14,16,18H,6-7,9,11-13H2,1-3H3. The third kappa shape index (κ3) is 4.50. The first-order valence-corrected chi connectivity index (χ1v) is 7.81. The minimum atomic E-state index is 0.389. The minimum Gasteiger partial charge on any atom is -0.376 e. The van der Waals surface area contributed by atoms with Gasteiger partial charge in [-0.2, -0.15) is 0 Å². The van der Waals surface area contributed by atoms with Crippen LogP contribution in [0.5, 0.6) is 0 Å². The molecular formula is C17H28N2O. The van der Waals surface area contributed by atoms with Gasteiger partial charge in [-0.1, -0.05) is 32.0 Å². The van der Waals surface area contributed by atoms with Crippen LogP contribution in [0.3, 0.4) is 0 Å². The predicted molar refractivity (Wildman–Crippen MR) is 85.3 cm³/mol. The first-order valence-electron chi connectivity index (χ1n) is 7.81. The van der Waals surface area contributed by atoms with E-state index in [-0.39, 0.29) is 0 Å². The lowest BCUT2D eigenvalue weighted by Gasteiger charge is -2.30. The van der Waals surface area contributed by atoms with Gasteiger partial charge in [0, 0.05) is 38.5 Å². The molecule has 112 valence electrons. The van der Waals surface area contributed by atoms with Gasteiger partial charge < -0.3 is 15.0 Å². The van der Waals surface area contributed by atoms with Gasteiger partial charge in [0.05, 0.1) is 6.10 Å². The molecule has 1 aromatic rings. The summed E-state index contributed by atoms with van der Waals surface area (Å²) in [5.74, 6) is 0. The normalized spacial score (nSPS) is 19.3. The highest BCUT2D eigenvalue weighted by Gasteiger charge is 2.17. The summed E-state index contributed by atoms with van der Waals surface area (Å²) in [5, 5.41) is 3.50. The lowest BCUT2D eigenvalue weighted by molar-refractivity contribution is 0.0216. The maximum Gasteiger partial charge on any atom is 0.0749 e. The molecule has 0 radical (unpaired) electrons. The average molecular weight is 276 g/mol. The summed E-state index contributed by atoms with van der Waals surface area (Å²) in [6, 6.07) is 9.16. The van der Waals surface area contributed by atoms with E-state index in [4.69, 9.17) is 4.74 Å². The van der Waals surface area contributed by atoms with E-state index in [1.807, 2.05) is 0 Å². The Morgan fingerprint density at radius 2 is 2.10 bits per heavy atom. The van der Waals surface area contributed by atoms with Gasteiger partial charge in [0.25, 0.3) is 0 Å². The van der Waals surface area contributed by atoms with Crippen LogP contribution in [0.4, 0.5) is 5.69 Å². The zero-order valence-corrected chi connectivity index (χ0v) is 13.1. The number of anilines is 1. The van der Waals surface area contributed by atoms with Crippen LogP contribution < -0.4 is 10.2 Å². The highest BCUT2D eigenvalue weighted by molar-refractivity contribution is 5.53. The van der Waals surface area contributed by atoms with Gasteiger partial charge >= 0.3 is 0 Å². The molecule has 1 unspecified atom stereocenters. The van der Waals surface area contributed by atoms with Crippen LogP contribution in [0.1, 0.15) is 38.7 Å². The lowest BCUT2D eigenvalue weighted by Crippen LogP contribution is -2.34. The van der Waals surface area contributed by atoms with Gasteiger partial charge in [-0.05, 0) is 30.9 Å². The van der Waals surface area contributed by atoms with E-state index in [2.05, 4.69) is 55.4 Å². The van der Waals surface area contributed by atoms with Crippen molar-refractivity contribution in [1.82, 2.24) is 5.32 Å². The van der Waals surface area contributed by atoms with E-state index in [0.717, 1.165) is 19.7 Å². The topological polar surface area (TPSA) is 24.5 Å². The Balaban J connectivity index is 1.98. The van der Waals surface area contributed by atoms with Crippen LogP contribution in [0.25, 0.3) is 0 Å². The zero-order chi connectivity index (χ0) is 14.4. The molecule has 3 heteroatoms. The van der Waals surface area contributed by atoms with Crippen LogP contribution >= 0.6 is 0 Å². The number of likely N-dealkylation sites (N-methyl/N-ethyl adjacent to an activating group) is 1. The fourth-order valence-corrected chi connectivity index (χ4v) is 2.70. The molecule has 0 saturated carbocycles. The van der Waals surface area contributed by atoms with Gasteiger partial charge in [0.1, 0.15) is 0 Å². The summed E-state index contributed by atoms with van der Waals surface area (Å²) >= 11 is 0. The Labute approximate surface area is 123 Å². The zero-order valence-electron chi connectivity index (χ0n) is 13.1. The van der Waals surface area contributed by atoms with Crippen LogP contribution in [-0.4, -0.2) is 32.3 Å². The van der Waals surface area contributed by atoms with Crippen molar-refractivity contribution in [3.63, 3.8) is 0 Å². The second-order valence-corrected chi connectivity index (χ2v) is 6.03. The minimum absolute atomic E-state index is 0.389. The summed E-state index contributed by atoms with van der Waals surface area (Å²) in [6.45, 7) is 7.20. The fraction of sp³-hybridized carbons (Fsp3) is 0.647. The van der Waals surface area contributed by atoms with Crippen molar-refractivity contribution in [2.45, 2.75) is 51.8 Å². The van der Waals surface area contributed by atoms with Crippen molar-refractivity contribution < 1.29 is 4.74 Å². The second-order valence-electron chi connectivity index (χ2n) is 6.03. The summed E-state index contributed by atoms with van der Waals surface area (Å²) < 4.78 is 5.85. The van der Waals surface area contributed by atoms with Crippen LogP contribution in [0.15, 0.2) is 24.3 Å². The van der Waals surface area contributed by atoms with Crippen molar-refractivity contribution in [3.05, 3.63) is 29.8 Å². The maximum atomic E-state index is 5.85. The quantitative estimate of drug-likeness (QED) is 0.863. The first kappa shape index (κ1) is 15.3. The van der Waals surface area contributed by atoms with Crippen molar-refractivity contribution in [1.29, 1.82) is 0 Å². The molecule has 0 aromatic heterocycles. The third-order valence-corrected chi connectivity index (χ3v) is 3.86. The molecule has 1 N–H and O–H groups in total. The summed E-state index contributed by atoms with van der Waals surface area (Å²) in [7, 11) is 2.17. The molecule has 0 spiro atoms. The Morgan fingerprint density at radius 3 is 2.80 bits per heavy atom. The number of rotatable bonds is 6. The SMILES string of the molecule is CC(C)NCc1ccccc1N(C)CC1CCCCO1. The van der Waals surface area contributed by atoms with Crippen molar-refractivity contribution in [2.24, 2.45) is 0 Å². The Bertz CT molecular complexity index is 400. The number of hydrogen-bond acceptors (Lipinski definition) is 3. The van der Waals surface area contributed by atoms with Crippen LogP contribution in [0.2, 0.25) is 0 Å². The van der Waals surface area contributed by atoms with Gasteiger partial charge in [-0.3, -0.25) is 0 Å². The molecule has 0 aliphatic carbocycles. The number of hydrogen-bond donors (Lipinski definition) is 1. The summed E-state index contributed by atoms with van der Waals surface area (Å²) in [4.78, 5) is 2.34. The Hall–Kier alpha value is -1.06. The predicted octanol–water partition coefficient (Wildman–Crippen LogP) is 3.19. The summed E-state index contributed by atoms with van der Waals surface area (Å²) in [5.41, 5.74) is 2.68. The maximum absolute atomic E-state index is 5.85. The molecule has 1 fully saturated rings. The number of benzene rings is 1. The Kier molecular flexibility index (Phi) is 5.86. The Morgan fingerprint density at radius 1 is 1.30 bits per heavy atom. The number of nitrogens with one attached hydrogen (secondary N) is 1. The molecule has 1 atom stereocenters. The van der Waals surface area contributed by atoms with Crippen LogP contribution in [0, 0.1) is 0 Å². The van der Waals surface area contributed by atoms with E-state index < -0.39 is 0 Å². The van der Waals surface area contributed by atoms with E-state index in [1.165, 1.54) is 30.5 Å². The molecule has 1 aromatic carbocycles. The van der Waals surface area contributed by atoms with E-state index >= 15 is 0 Å². The molecule has 1 aliphatic rings. The monoisotopic (exact) mass is 276 g/mol. The second kappa shape index (κ2) is 7.65. The summed E-state index contributed by atoms with van der Waals surface area (Å²) in [6.07, 6.45) is 4.10. The average Bonchev–Trinajstić information content (AvgIpc) is 2.46. The molecule has 0 bridgehead atoms. The molecular weight excluding hydrogens is 248 g/mol. The number of para-hydroxylation sites is 1. The molecule has 20 heavy (non-hydrogen) atoms. The van der Waals surface area contributed by atoms with Crippen molar-refractivity contribution >= 4 is 5.69 Å². The molecule has 1 heterocycles. The van der Waals surface area contributed by atoms with Gasteiger partial charge in [0.15, 0.2) is 0 Å². The van der Waals surface area contributed by atoms with E-state index in [9.17, 15) is 0 Å². The number of nitrogens with zero attached hydrogens (tertiary/aromatic N) is 1. The van der Waals surface area contributed by atoms with Gasteiger partial charge in [0.2, 0.25) is 0 Å². The smallest absolute Gasteiger partial charge is 0.0749 e. The van der Waals surface area contributed by atoms with Crippen LogP contribution in [-0.2, 0) is 11.3 Å². The molecule has 3 nitrogen and oxygen atoms in total. The largest absolute Gasteiger partial charge is 0.376 e. The van der Waals surface area contributed by atoms with E-state index in [1.54, 1.807) is 0 Å². The van der Waals surface area contributed by atoms with Gasteiger partial charge in [-0.25, -0.2) is 0 Å². The van der Waals surface area contributed by atoms with E-state index in [0.29, 0.717) is 12.1 Å². The highest BCUT2D eigenvalue weighted by atomic mass is 16.5. The number of ether oxygens (including phenoxy) is 1. The molecule has 2 rings (SSSR count). The van der Waals surface area contributed by atoms with Crippen molar-refractivity contribution in [3.8, 4) is 0 Å². The van der Waals surface area contributed by atoms with Crippen molar-refractivity contribution in [2.75, 3.05) is 25.1 Å². The molecule has 1 saturated heterocycles. The highest BCUT2D eigenvalue weighted by Crippen LogP contribution is 2.22.